The maximum Gasteiger partial charge on any atom is 0.328 e. The molecule has 0 fully saturated rings. The monoisotopic (exact) mass is 478 g/mol. The van der Waals surface area contributed by atoms with Gasteiger partial charge in [0.05, 0.1) is 20.7 Å². The van der Waals surface area contributed by atoms with Crippen LogP contribution in [0.5, 0.6) is 11.5 Å². The molecule has 0 unspecified atom stereocenters. The van der Waals surface area contributed by atoms with Crippen molar-refractivity contribution in [3.05, 3.63) is 61.2 Å². The number of benzene rings is 2. The number of hydrogen-bond donors (Lipinski definition) is 1. The molecular formula is C17H13Cl2IO4. The molecule has 0 saturated heterocycles. The SMILES string of the molecule is COc1cc(/C=C/C(=O)O)cc(I)c1OCc1ccc(Cl)c(Cl)c1. The highest BCUT2D eigenvalue weighted by atomic mass is 127. The Hall–Kier alpha value is -1.44. The number of carboxylic acids is 1. The summed E-state index contributed by atoms with van der Waals surface area (Å²) in [4.78, 5) is 10.6. The second-order valence-electron chi connectivity index (χ2n) is 4.74. The van der Waals surface area contributed by atoms with Gasteiger partial charge in [-0.1, -0.05) is 29.3 Å². The van der Waals surface area contributed by atoms with Gasteiger partial charge in [0.25, 0.3) is 0 Å². The molecule has 0 saturated carbocycles. The van der Waals surface area contributed by atoms with Crippen LogP contribution in [0.1, 0.15) is 11.1 Å². The molecule has 0 radical (unpaired) electrons. The lowest BCUT2D eigenvalue weighted by Crippen LogP contribution is -2.00. The predicted octanol–water partition coefficient (Wildman–Crippen LogP) is 5.28. The molecule has 1 N–H and O–H groups in total. The van der Waals surface area contributed by atoms with E-state index in [1.54, 1.807) is 18.2 Å². The molecular weight excluding hydrogens is 466 g/mol. The van der Waals surface area contributed by atoms with Gasteiger partial charge in [-0.15, -0.1) is 0 Å². The van der Waals surface area contributed by atoms with Gasteiger partial charge in [-0.2, -0.15) is 0 Å². The van der Waals surface area contributed by atoms with Gasteiger partial charge in [-0.3, -0.25) is 0 Å². The van der Waals surface area contributed by atoms with Crippen molar-refractivity contribution in [3.63, 3.8) is 0 Å². The average Bonchev–Trinajstić information content (AvgIpc) is 2.54. The molecule has 0 atom stereocenters. The molecule has 0 aliphatic heterocycles. The van der Waals surface area contributed by atoms with Gasteiger partial charge >= 0.3 is 5.97 Å². The van der Waals surface area contributed by atoms with E-state index in [1.807, 2.05) is 12.1 Å². The quantitative estimate of drug-likeness (QED) is 0.453. The van der Waals surface area contributed by atoms with E-state index in [9.17, 15) is 4.79 Å². The molecule has 4 nitrogen and oxygen atoms in total. The van der Waals surface area contributed by atoms with Gasteiger partial charge in [0.15, 0.2) is 11.5 Å². The first-order valence-electron chi connectivity index (χ1n) is 6.76. The molecule has 126 valence electrons. The highest BCUT2D eigenvalue weighted by Crippen LogP contribution is 2.35. The fourth-order valence-electron chi connectivity index (χ4n) is 1.93. The van der Waals surface area contributed by atoms with Crippen molar-refractivity contribution >= 4 is 57.8 Å². The standard InChI is InChI=1S/C17H13Cl2IO4/c1-23-15-8-10(3-5-16(21)22)7-14(20)17(15)24-9-11-2-4-12(18)13(19)6-11/h2-8H,9H2,1H3,(H,21,22)/b5-3+. The van der Waals surface area contributed by atoms with Crippen LogP contribution in [-0.2, 0) is 11.4 Å². The van der Waals surface area contributed by atoms with E-state index in [0.29, 0.717) is 33.7 Å². The minimum atomic E-state index is -1.01. The second-order valence-corrected chi connectivity index (χ2v) is 6.72. The summed E-state index contributed by atoms with van der Waals surface area (Å²) in [6.45, 7) is 0.299. The van der Waals surface area contributed by atoms with Crippen LogP contribution in [0.3, 0.4) is 0 Å². The summed E-state index contributed by atoms with van der Waals surface area (Å²) in [5.41, 5.74) is 1.58. The Morgan fingerprint density at radius 1 is 1.25 bits per heavy atom. The summed E-state index contributed by atoms with van der Waals surface area (Å²) < 4.78 is 12.0. The van der Waals surface area contributed by atoms with Crippen molar-refractivity contribution in [1.29, 1.82) is 0 Å². The summed E-state index contributed by atoms with van der Waals surface area (Å²) in [6, 6.07) is 8.81. The Bertz CT molecular complexity index is 790. The van der Waals surface area contributed by atoms with Crippen molar-refractivity contribution < 1.29 is 19.4 Å². The Morgan fingerprint density at radius 2 is 2.00 bits per heavy atom. The summed E-state index contributed by atoms with van der Waals surface area (Å²) in [5, 5.41) is 9.67. The van der Waals surface area contributed by atoms with E-state index >= 15 is 0 Å². The Balaban J connectivity index is 2.22. The lowest BCUT2D eigenvalue weighted by molar-refractivity contribution is -0.131. The van der Waals surface area contributed by atoms with Crippen LogP contribution in [0, 0.1) is 3.57 Å². The zero-order valence-corrected chi connectivity index (χ0v) is 16.2. The summed E-state index contributed by atoms with van der Waals surface area (Å²) >= 11 is 14.0. The van der Waals surface area contributed by atoms with Crippen molar-refractivity contribution in [2.75, 3.05) is 7.11 Å². The Kier molecular flexibility index (Phi) is 6.77. The summed E-state index contributed by atoms with van der Waals surface area (Å²) in [6.07, 6.45) is 2.57. The number of hydrogen-bond acceptors (Lipinski definition) is 3. The Morgan fingerprint density at radius 3 is 2.62 bits per heavy atom. The molecule has 0 amide bonds. The Labute approximate surface area is 163 Å². The normalized spacial score (nSPS) is 10.8. The highest BCUT2D eigenvalue weighted by molar-refractivity contribution is 14.1. The van der Waals surface area contributed by atoms with Gasteiger partial charge in [-0.05, 0) is 64.1 Å². The third-order valence-electron chi connectivity index (χ3n) is 3.04. The van der Waals surface area contributed by atoms with Crippen LogP contribution >= 0.6 is 45.8 Å². The number of carboxylic acid groups (broad SMARTS) is 1. The molecule has 7 heteroatoms. The average molecular weight is 479 g/mol. The number of aliphatic carboxylic acids is 1. The lowest BCUT2D eigenvalue weighted by atomic mass is 10.2. The highest BCUT2D eigenvalue weighted by Gasteiger charge is 2.12. The van der Waals surface area contributed by atoms with Crippen LogP contribution in [0.2, 0.25) is 10.0 Å². The first-order valence-corrected chi connectivity index (χ1v) is 8.59. The third kappa shape index (κ3) is 5.03. The summed E-state index contributed by atoms with van der Waals surface area (Å²) in [7, 11) is 1.53. The van der Waals surface area contributed by atoms with E-state index in [2.05, 4.69) is 22.6 Å². The van der Waals surface area contributed by atoms with Crippen LogP contribution in [0.25, 0.3) is 6.08 Å². The van der Waals surface area contributed by atoms with E-state index in [4.69, 9.17) is 37.8 Å². The molecule has 2 aromatic rings. The molecule has 0 aromatic heterocycles. The second kappa shape index (κ2) is 8.60. The maximum absolute atomic E-state index is 10.6. The van der Waals surface area contributed by atoms with E-state index < -0.39 is 5.97 Å². The fourth-order valence-corrected chi connectivity index (χ4v) is 3.03. The van der Waals surface area contributed by atoms with E-state index in [-0.39, 0.29) is 0 Å². The van der Waals surface area contributed by atoms with Gasteiger partial charge < -0.3 is 14.6 Å². The smallest absolute Gasteiger partial charge is 0.328 e. The predicted molar refractivity (Wildman–Crippen MR) is 103 cm³/mol. The van der Waals surface area contributed by atoms with E-state index in [0.717, 1.165) is 15.2 Å². The maximum atomic E-state index is 10.6. The topological polar surface area (TPSA) is 55.8 Å². The molecule has 2 rings (SSSR count). The third-order valence-corrected chi connectivity index (χ3v) is 4.58. The minimum Gasteiger partial charge on any atom is -0.493 e. The zero-order chi connectivity index (χ0) is 17.7. The van der Waals surface area contributed by atoms with Crippen LogP contribution < -0.4 is 9.47 Å². The molecule has 2 aromatic carbocycles. The fraction of sp³-hybridized carbons (Fsp3) is 0.118. The minimum absolute atomic E-state index is 0.299. The van der Waals surface area contributed by atoms with Crippen molar-refractivity contribution in [2.24, 2.45) is 0 Å². The van der Waals surface area contributed by atoms with Gasteiger partial charge in [-0.25, -0.2) is 4.79 Å². The van der Waals surface area contributed by atoms with Crippen LogP contribution in [0.15, 0.2) is 36.4 Å². The first kappa shape index (κ1) is 18.9. The zero-order valence-electron chi connectivity index (χ0n) is 12.6. The molecule has 0 aliphatic carbocycles. The van der Waals surface area contributed by atoms with Gasteiger partial charge in [0.2, 0.25) is 0 Å². The summed E-state index contributed by atoms with van der Waals surface area (Å²) in [5.74, 6) is 0.0903. The van der Waals surface area contributed by atoms with Crippen molar-refractivity contribution in [3.8, 4) is 11.5 Å². The lowest BCUT2D eigenvalue weighted by Gasteiger charge is -2.14. The largest absolute Gasteiger partial charge is 0.493 e. The van der Waals surface area contributed by atoms with Crippen molar-refractivity contribution in [2.45, 2.75) is 6.61 Å². The molecule has 0 bridgehead atoms. The van der Waals surface area contributed by atoms with Gasteiger partial charge in [0, 0.05) is 6.08 Å². The van der Waals surface area contributed by atoms with Crippen molar-refractivity contribution in [1.82, 2.24) is 0 Å². The number of ether oxygens (including phenoxy) is 2. The molecule has 0 aliphatic rings. The number of halogens is 3. The molecule has 24 heavy (non-hydrogen) atoms. The van der Waals surface area contributed by atoms with Crippen LogP contribution in [-0.4, -0.2) is 18.2 Å². The van der Waals surface area contributed by atoms with Crippen LogP contribution in [0.4, 0.5) is 0 Å². The number of rotatable bonds is 6. The van der Waals surface area contributed by atoms with Gasteiger partial charge in [0.1, 0.15) is 6.61 Å². The van der Waals surface area contributed by atoms with E-state index in [1.165, 1.54) is 13.2 Å². The molecule has 0 spiro atoms. The number of carbonyl (C=O) groups is 1. The first-order chi connectivity index (χ1) is 11.4. The number of methoxy groups -OCH3 is 1. The molecule has 0 heterocycles.